The molecule has 1 atom stereocenters. The molecule has 0 radical (unpaired) electrons. The zero-order valence-electron chi connectivity index (χ0n) is 15.0. The Morgan fingerprint density at radius 3 is 2.92 bits per heavy atom. The van der Waals surface area contributed by atoms with Gasteiger partial charge < -0.3 is 10.1 Å². The van der Waals surface area contributed by atoms with Crippen LogP contribution in [0.25, 0.3) is 0 Å². The summed E-state index contributed by atoms with van der Waals surface area (Å²) in [4.78, 5) is 16.0. The Labute approximate surface area is 153 Å². The van der Waals surface area contributed by atoms with Gasteiger partial charge in [-0.2, -0.15) is 0 Å². The second-order valence-corrected chi connectivity index (χ2v) is 7.78. The Morgan fingerprint density at radius 2 is 2.24 bits per heavy atom. The number of amides is 1. The molecule has 0 aliphatic carbocycles. The topological polar surface area (TPSA) is 41.6 Å². The Bertz CT molecular complexity index is 694. The summed E-state index contributed by atoms with van der Waals surface area (Å²) in [7, 11) is 0. The molecule has 25 heavy (non-hydrogen) atoms. The lowest BCUT2D eigenvalue weighted by Gasteiger charge is -2.24. The molecule has 5 heteroatoms. The smallest absolute Gasteiger partial charge is 0.238 e. The highest BCUT2D eigenvalue weighted by Gasteiger charge is 2.21. The maximum atomic E-state index is 12.6. The number of anilines is 1. The predicted molar refractivity (Wildman–Crippen MR) is 103 cm³/mol. The molecule has 1 aliphatic rings. The second-order valence-electron chi connectivity index (χ2n) is 6.75. The van der Waals surface area contributed by atoms with Gasteiger partial charge in [0.25, 0.3) is 0 Å². The summed E-state index contributed by atoms with van der Waals surface area (Å²) < 4.78 is 5.76. The molecule has 2 heterocycles. The Balaban J connectivity index is 1.62. The minimum Gasteiger partial charge on any atom is -0.377 e. The molecule has 1 N–H and O–H groups in total. The van der Waals surface area contributed by atoms with E-state index in [2.05, 4.69) is 40.7 Å². The fourth-order valence-electron chi connectivity index (χ4n) is 3.23. The highest BCUT2D eigenvalue weighted by molar-refractivity contribution is 7.09. The van der Waals surface area contributed by atoms with Crippen molar-refractivity contribution in [3.05, 3.63) is 51.7 Å². The van der Waals surface area contributed by atoms with Crippen LogP contribution < -0.4 is 5.32 Å². The van der Waals surface area contributed by atoms with Crippen LogP contribution in [0, 0.1) is 13.8 Å². The Morgan fingerprint density at radius 1 is 1.36 bits per heavy atom. The van der Waals surface area contributed by atoms with E-state index in [4.69, 9.17) is 4.74 Å². The van der Waals surface area contributed by atoms with Crippen LogP contribution in [0.1, 0.15) is 28.8 Å². The number of carbonyl (C=O) groups excluding carboxylic acids is 1. The van der Waals surface area contributed by atoms with Gasteiger partial charge in [-0.1, -0.05) is 23.8 Å². The minimum absolute atomic E-state index is 0.0292. The monoisotopic (exact) mass is 358 g/mol. The summed E-state index contributed by atoms with van der Waals surface area (Å²) in [6.07, 6.45) is 2.44. The normalized spacial score (nSPS) is 17.2. The van der Waals surface area contributed by atoms with Crippen molar-refractivity contribution in [1.82, 2.24) is 4.90 Å². The molecule has 4 nitrogen and oxygen atoms in total. The summed E-state index contributed by atoms with van der Waals surface area (Å²) in [5.74, 6) is 0.0292. The lowest BCUT2D eigenvalue weighted by Crippen LogP contribution is -2.37. The van der Waals surface area contributed by atoms with Gasteiger partial charge >= 0.3 is 0 Å². The number of carbonyl (C=O) groups is 1. The molecule has 134 valence electrons. The van der Waals surface area contributed by atoms with Crippen molar-refractivity contribution in [3.8, 4) is 0 Å². The first kappa shape index (κ1) is 18.1. The van der Waals surface area contributed by atoms with Gasteiger partial charge in [0.1, 0.15) is 0 Å². The van der Waals surface area contributed by atoms with Crippen molar-refractivity contribution in [2.45, 2.75) is 39.3 Å². The molecule has 1 amide bonds. The molecule has 0 saturated carbocycles. The molecule has 1 aliphatic heterocycles. The first-order valence-electron chi connectivity index (χ1n) is 8.83. The van der Waals surface area contributed by atoms with Gasteiger partial charge in [0.15, 0.2) is 0 Å². The number of hydrogen-bond donors (Lipinski definition) is 1. The van der Waals surface area contributed by atoms with Crippen molar-refractivity contribution in [3.63, 3.8) is 0 Å². The van der Waals surface area contributed by atoms with Crippen LogP contribution in [0.3, 0.4) is 0 Å². The second kappa shape index (κ2) is 8.61. The van der Waals surface area contributed by atoms with E-state index in [9.17, 15) is 4.79 Å². The van der Waals surface area contributed by atoms with E-state index < -0.39 is 0 Å². The highest BCUT2D eigenvalue weighted by Crippen LogP contribution is 2.19. The summed E-state index contributed by atoms with van der Waals surface area (Å²) in [5.41, 5.74) is 3.19. The van der Waals surface area contributed by atoms with Gasteiger partial charge in [-0.15, -0.1) is 11.3 Å². The zero-order valence-corrected chi connectivity index (χ0v) is 15.8. The number of hydrogen-bond acceptors (Lipinski definition) is 4. The number of nitrogens with one attached hydrogen (secondary N) is 1. The van der Waals surface area contributed by atoms with Crippen molar-refractivity contribution in [1.29, 1.82) is 0 Å². The number of aryl methyl sites for hydroxylation is 2. The van der Waals surface area contributed by atoms with Crippen LogP contribution in [-0.2, 0) is 16.1 Å². The average molecular weight is 359 g/mol. The number of rotatable bonds is 7. The van der Waals surface area contributed by atoms with Gasteiger partial charge in [-0.25, -0.2) is 0 Å². The molecule has 1 fully saturated rings. The summed E-state index contributed by atoms with van der Waals surface area (Å²) >= 11 is 1.73. The molecule has 1 aromatic carbocycles. The quantitative estimate of drug-likeness (QED) is 0.814. The van der Waals surface area contributed by atoms with Crippen LogP contribution in [0.5, 0.6) is 0 Å². The number of nitrogens with zero attached hydrogens (tertiary/aromatic N) is 1. The molecule has 2 aromatic rings. The van der Waals surface area contributed by atoms with E-state index in [-0.39, 0.29) is 12.0 Å². The standard InChI is InChI=1S/C20H26N2O2S/c1-15-7-8-19(16(2)11-15)21-20(23)14-22(12-17-5-3-9-24-17)13-18-6-4-10-25-18/h4,6-8,10-11,17H,3,5,9,12-14H2,1-2H3,(H,21,23)/t17-/m1/s1. The molecule has 1 saturated heterocycles. The molecule has 0 unspecified atom stereocenters. The number of ether oxygens (including phenoxy) is 1. The average Bonchev–Trinajstić information content (AvgIpc) is 3.24. The predicted octanol–water partition coefficient (Wildman–Crippen LogP) is 3.98. The summed E-state index contributed by atoms with van der Waals surface area (Å²) in [5, 5.41) is 5.13. The molecular formula is C20H26N2O2S. The molecule has 1 aromatic heterocycles. The maximum Gasteiger partial charge on any atom is 0.238 e. The minimum atomic E-state index is 0.0292. The maximum absolute atomic E-state index is 12.6. The SMILES string of the molecule is Cc1ccc(NC(=O)CN(Cc2cccs2)C[C@H]2CCCO2)c(C)c1. The van der Waals surface area contributed by atoms with Gasteiger partial charge in [0.05, 0.1) is 12.6 Å². The molecular weight excluding hydrogens is 332 g/mol. The third-order valence-electron chi connectivity index (χ3n) is 4.47. The van der Waals surface area contributed by atoms with Crippen molar-refractivity contribution in [2.75, 3.05) is 25.0 Å². The van der Waals surface area contributed by atoms with Crippen LogP contribution >= 0.6 is 11.3 Å². The van der Waals surface area contributed by atoms with Gasteiger partial charge in [0.2, 0.25) is 5.91 Å². The Kier molecular flexibility index (Phi) is 6.24. The van der Waals surface area contributed by atoms with Crippen LogP contribution in [0.2, 0.25) is 0 Å². The van der Waals surface area contributed by atoms with E-state index in [0.29, 0.717) is 6.54 Å². The van der Waals surface area contributed by atoms with E-state index in [1.807, 2.05) is 19.1 Å². The molecule has 3 rings (SSSR count). The van der Waals surface area contributed by atoms with E-state index in [0.717, 1.165) is 43.8 Å². The largest absolute Gasteiger partial charge is 0.377 e. The van der Waals surface area contributed by atoms with Gasteiger partial charge in [-0.3, -0.25) is 9.69 Å². The highest BCUT2D eigenvalue weighted by atomic mass is 32.1. The zero-order chi connectivity index (χ0) is 17.6. The van der Waals surface area contributed by atoms with E-state index in [1.54, 1.807) is 11.3 Å². The summed E-state index contributed by atoms with van der Waals surface area (Å²) in [6.45, 7) is 6.90. The fraction of sp³-hybridized carbons (Fsp3) is 0.450. The molecule has 0 bridgehead atoms. The third-order valence-corrected chi connectivity index (χ3v) is 5.33. The van der Waals surface area contributed by atoms with Crippen LogP contribution in [0.15, 0.2) is 35.7 Å². The summed E-state index contributed by atoms with van der Waals surface area (Å²) in [6, 6.07) is 10.3. The fourth-order valence-corrected chi connectivity index (χ4v) is 3.98. The van der Waals surface area contributed by atoms with Gasteiger partial charge in [-0.05, 0) is 49.8 Å². The van der Waals surface area contributed by atoms with Gasteiger partial charge in [0, 0.05) is 30.3 Å². The van der Waals surface area contributed by atoms with Crippen molar-refractivity contribution < 1.29 is 9.53 Å². The van der Waals surface area contributed by atoms with E-state index >= 15 is 0 Å². The van der Waals surface area contributed by atoms with E-state index in [1.165, 1.54) is 10.4 Å². The lowest BCUT2D eigenvalue weighted by atomic mass is 10.1. The van der Waals surface area contributed by atoms with Crippen molar-refractivity contribution >= 4 is 22.9 Å². The van der Waals surface area contributed by atoms with Crippen LogP contribution in [-0.4, -0.2) is 36.6 Å². The number of thiophene rings is 1. The van der Waals surface area contributed by atoms with Crippen LogP contribution in [0.4, 0.5) is 5.69 Å². The lowest BCUT2D eigenvalue weighted by molar-refractivity contribution is -0.117. The Hall–Kier alpha value is -1.69. The number of benzene rings is 1. The molecule has 0 spiro atoms. The third kappa shape index (κ3) is 5.39. The van der Waals surface area contributed by atoms with Crippen molar-refractivity contribution in [2.24, 2.45) is 0 Å². The first-order valence-corrected chi connectivity index (χ1v) is 9.71. The first-order chi connectivity index (χ1) is 12.1.